The molecule has 2 heterocycles. The summed E-state index contributed by atoms with van der Waals surface area (Å²) in [5, 5.41) is 5.89. The Morgan fingerprint density at radius 1 is 1.19 bits per heavy atom. The third-order valence-corrected chi connectivity index (χ3v) is 4.54. The maximum absolute atomic E-state index is 12.4. The standard InChI is InChI=1S/C19H25N5O2/c1-2-20-19(26)23-11-8-16(9-12-23)22-17(25)14-24-13-10-21-18(24)15-6-4-3-5-7-15/h3-7,10,13,16H,2,8-9,11-12,14H2,1H3,(H,20,26)(H,22,25). The van der Waals surface area contributed by atoms with Gasteiger partial charge in [0.05, 0.1) is 0 Å². The lowest BCUT2D eigenvalue weighted by Gasteiger charge is -2.32. The molecule has 0 bridgehead atoms. The summed E-state index contributed by atoms with van der Waals surface area (Å²) in [4.78, 5) is 30.4. The minimum atomic E-state index is -0.0309. The van der Waals surface area contributed by atoms with Crippen LogP contribution in [0.25, 0.3) is 11.4 Å². The fourth-order valence-corrected chi connectivity index (χ4v) is 3.20. The molecule has 1 aliphatic heterocycles. The van der Waals surface area contributed by atoms with Gasteiger partial charge in [0, 0.05) is 43.6 Å². The monoisotopic (exact) mass is 355 g/mol. The van der Waals surface area contributed by atoms with Gasteiger partial charge in [0.2, 0.25) is 5.91 Å². The normalized spacial score (nSPS) is 14.9. The van der Waals surface area contributed by atoms with Crippen LogP contribution in [0.5, 0.6) is 0 Å². The van der Waals surface area contributed by atoms with E-state index in [0.29, 0.717) is 19.6 Å². The SMILES string of the molecule is CCNC(=O)N1CCC(NC(=O)Cn2ccnc2-c2ccccc2)CC1. The molecule has 2 aromatic rings. The van der Waals surface area contributed by atoms with Gasteiger partial charge in [0.25, 0.3) is 0 Å². The molecule has 7 nitrogen and oxygen atoms in total. The summed E-state index contributed by atoms with van der Waals surface area (Å²) < 4.78 is 1.86. The summed E-state index contributed by atoms with van der Waals surface area (Å²) in [6, 6.07) is 9.91. The Hall–Kier alpha value is -2.83. The van der Waals surface area contributed by atoms with Crippen LogP contribution in [-0.2, 0) is 11.3 Å². The largest absolute Gasteiger partial charge is 0.352 e. The van der Waals surface area contributed by atoms with Gasteiger partial charge < -0.3 is 20.1 Å². The maximum atomic E-state index is 12.4. The summed E-state index contributed by atoms with van der Waals surface area (Å²) in [6.07, 6.45) is 5.08. The second-order valence-electron chi connectivity index (χ2n) is 6.41. The molecule has 0 radical (unpaired) electrons. The first-order valence-corrected chi connectivity index (χ1v) is 9.06. The minimum absolute atomic E-state index is 0.0248. The van der Waals surface area contributed by atoms with Crippen molar-refractivity contribution < 1.29 is 9.59 Å². The highest BCUT2D eigenvalue weighted by Crippen LogP contribution is 2.17. The first-order valence-electron chi connectivity index (χ1n) is 9.06. The van der Waals surface area contributed by atoms with Crippen LogP contribution in [0.2, 0.25) is 0 Å². The highest BCUT2D eigenvalue weighted by atomic mass is 16.2. The lowest BCUT2D eigenvalue weighted by molar-refractivity contribution is -0.122. The van der Waals surface area contributed by atoms with E-state index in [1.165, 1.54) is 0 Å². The molecule has 1 aliphatic rings. The topological polar surface area (TPSA) is 79.3 Å². The van der Waals surface area contributed by atoms with E-state index in [1.54, 1.807) is 11.1 Å². The molecule has 0 atom stereocenters. The summed E-state index contributed by atoms with van der Waals surface area (Å²) in [6.45, 7) is 4.10. The Kier molecular flexibility index (Phi) is 5.88. The van der Waals surface area contributed by atoms with E-state index in [0.717, 1.165) is 24.2 Å². The Bertz CT molecular complexity index is 735. The summed E-state index contributed by atoms with van der Waals surface area (Å²) in [5.74, 6) is 0.753. The molecule has 2 N–H and O–H groups in total. The summed E-state index contributed by atoms with van der Waals surface area (Å²) >= 11 is 0. The molecule has 0 spiro atoms. The first-order chi connectivity index (χ1) is 12.7. The molecule has 7 heteroatoms. The van der Waals surface area contributed by atoms with Gasteiger partial charge in [-0.1, -0.05) is 30.3 Å². The van der Waals surface area contributed by atoms with Gasteiger partial charge >= 0.3 is 6.03 Å². The number of likely N-dealkylation sites (tertiary alicyclic amines) is 1. The summed E-state index contributed by atoms with van der Waals surface area (Å²) in [5.41, 5.74) is 0.987. The van der Waals surface area contributed by atoms with Gasteiger partial charge in [-0.25, -0.2) is 9.78 Å². The molecule has 3 rings (SSSR count). The molecule has 3 amide bonds. The minimum Gasteiger partial charge on any atom is -0.352 e. The van der Waals surface area contributed by atoms with E-state index < -0.39 is 0 Å². The van der Waals surface area contributed by atoms with E-state index in [9.17, 15) is 9.59 Å². The van der Waals surface area contributed by atoms with Crippen molar-refractivity contribution in [1.82, 2.24) is 25.1 Å². The number of amides is 3. The van der Waals surface area contributed by atoms with E-state index >= 15 is 0 Å². The van der Waals surface area contributed by atoms with Crippen molar-refractivity contribution in [2.75, 3.05) is 19.6 Å². The zero-order valence-corrected chi connectivity index (χ0v) is 15.0. The average Bonchev–Trinajstić information content (AvgIpc) is 3.11. The van der Waals surface area contributed by atoms with Crippen LogP contribution in [0.3, 0.4) is 0 Å². The first kappa shape index (κ1) is 18.0. The Balaban J connectivity index is 1.52. The van der Waals surface area contributed by atoms with Crippen molar-refractivity contribution >= 4 is 11.9 Å². The number of urea groups is 1. The van der Waals surface area contributed by atoms with Gasteiger partial charge in [0.15, 0.2) is 0 Å². The lowest BCUT2D eigenvalue weighted by atomic mass is 10.1. The highest BCUT2D eigenvalue weighted by molar-refractivity contribution is 5.77. The van der Waals surface area contributed by atoms with Gasteiger partial charge in [-0.05, 0) is 19.8 Å². The average molecular weight is 355 g/mol. The van der Waals surface area contributed by atoms with Gasteiger partial charge in [0.1, 0.15) is 12.4 Å². The quantitative estimate of drug-likeness (QED) is 0.859. The second-order valence-corrected chi connectivity index (χ2v) is 6.41. The molecule has 138 valence electrons. The van der Waals surface area contributed by atoms with E-state index in [1.807, 2.05) is 48.0 Å². The molecule has 1 saturated heterocycles. The molecule has 0 saturated carbocycles. The molecule has 0 unspecified atom stereocenters. The number of nitrogens with one attached hydrogen (secondary N) is 2. The zero-order valence-electron chi connectivity index (χ0n) is 15.0. The van der Waals surface area contributed by atoms with Crippen LogP contribution in [-0.4, -0.2) is 52.1 Å². The Morgan fingerprint density at radius 2 is 1.92 bits per heavy atom. The van der Waals surface area contributed by atoms with Crippen molar-refractivity contribution in [3.05, 3.63) is 42.7 Å². The lowest BCUT2D eigenvalue weighted by Crippen LogP contribution is -2.49. The van der Waals surface area contributed by atoms with Crippen LogP contribution in [0.15, 0.2) is 42.7 Å². The molecule has 0 aliphatic carbocycles. The predicted molar refractivity (Wildman–Crippen MR) is 99.5 cm³/mol. The fourth-order valence-electron chi connectivity index (χ4n) is 3.20. The van der Waals surface area contributed by atoms with E-state index in [4.69, 9.17) is 0 Å². The van der Waals surface area contributed by atoms with Crippen LogP contribution in [0, 0.1) is 0 Å². The van der Waals surface area contributed by atoms with Crippen molar-refractivity contribution in [1.29, 1.82) is 0 Å². The predicted octanol–water partition coefficient (Wildman–Crippen LogP) is 1.86. The zero-order chi connectivity index (χ0) is 18.4. The number of hydrogen-bond acceptors (Lipinski definition) is 3. The molecule has 1 aromatic carbocycles. The van der Waals surface area contributed by atoms with Crippen LogP contribution < -0.4 is 10.6 Å². The van der Waals surface area contributed by atoms with Crippen LogP contribution >= 0.6 is 0 Å². The maximum Gasteiger partial charge on any atom is 0.317 e. The van der Waals surface area contributed by atoms with Crippen LogP contribution in [0.4, 0.5) is 4.79 Å². The number of aromatic nitrogens is 2. The summed E-state index contributed by atoms with van der Waals surface area (Å²) in [7, 11) is 0. The number of carbonyl (C=O) groups excluding carboxylic acids is 2. The van der Waals surface area contributed by atoms with Gasteiger partial charge in [-0.15, -0.1) is 0 Å². The number of piperidine rings is 1. The number of carbonyl (C=O) groups is 2. The van der Waals surface area contributed by atoms with Crippen molar-refractivity contribution in [3.63, 3.8) is 0 Å². The number of benzene rings is 1. The molecule has 1 aromatic heterocycles. The van der Waals surface area contributed by atoms with E-state index in [2.05, 4.69) is 15.6 Å². The third-order valence-electron chi connectivity index (χ3n) is 4.54. The smallest absolute Gasteiger partial charge is 0.317 e. The Labute approximate surface area is 153 Å². The fraction of sp³-hybridized carbons (Fsp3) is 0.421. The number of hydrogen-bond donors (Lipinski definition) is 2. The second kappa shape index (κ2) is 8.51. The number of imidazole rings is 1. The molecular formula is C19H25N5O2. The van der Waals surface area contributed by atoms with Crippen molar-refractivity contribution in [3.8, 4) is 11.4 Å². The molecule has 26 heavy (non-hydrogen) atoms. The number of rotatable bonds is 5. The van der Waals surface area contributed by atoms with Crippen LogP contribution in [0.1, 0.15) is 19.8 Å². The molecular weight excluding hydrogens is 330 g/mol. The van der Waals surface area contributed by atoms with Gasteiger partial charge in [-0.3, -0.25) is 4.79 Å². The van der Waals surface area contributed by atoms with Crippen molar-refractivity contribution in [2.24, 2.45) is 0 Å². The van der Waals surface area contributed by atoms with Gasteiger partial charge in [-0.2, -0.15) is 0 Å². The third kappa shape index (κ3) is 4.41. The number of nitrogens with zero attached hydrogens (tertiary/aromatic N) is 3. The highest BCUT2D eigenvalue weighted by Gasteiger charge is 2.23. The Morgan fingerprint density at radius 3 is 2.62 bits per heavy atom. The van der Waals surface area contributed by atoms with Crippen molar-refractivity contribution in [2.45, 2.75) is 32.4 Å². The van der Waals surface area contributed by atoms with E-state index in [-0.39, 0.29) is 24.5 Å². The molecule has 1 fully saturated rings.